The first-order chi connectivity index (χ1) is 2.00. The Kier molecular flexibility index (Phi) is 1.61. The molecule has 2 radical (unpaired) electrons. The van der Waals surface area contributed by atoms with Crippen LogP contribution in [0.2, 0.25) is 0 Å². The molecule has 0 aliphatic carbocycles. The van der Waals surface area contributed by atoms with Gasteiger partial charge in [0.05, 0.1) is 0 Å². The third-order valence-corrected chi connectivity index (χ3v) is 0. The third kappa shape index (κ3) is 72.9. The van der Waals surface area contributed by atoms with Gasteiger partial charge in [-0.25, -0.2) is 0 Å². The van der Waals surface area contributed by atoms with Gasteiger partial charge in [0.1, 0.15) is 0 Å². The van der Waals surface area contributed by atoms with Crippen molar-refractivity contribution in [3.8, 4) is 0 Å². The van der Waals surface area contributed by atoms with E-state index in [1.54, 1.807) is 0 Å². The maximum absolute atomic E-state index is 10.7. The van der Waals surface area contributed by atoms with E-state index in [0.29, 0.717) is 0 Å². The van der Waals surface area contributed by atoms with E-state index in [4.69, 9.17) is 8.42 Å². The minimum atomic E-state index is -4.04. The Bertz CT molecular complexity index is 92.8. The van der Waals surface area contributed by atoms with Crippen LogP contribution in [-0.2, 0) is 7.41 Å². The van der Waals surface area contributed by atoms with E-state index in [1.807, 2.05) is 0 Å². The number of rotatable bonds is 0. The van der Waals surface area contributed by atoms with Crippen LogP contribution in [0.25, 0.3) is 0 Å². The Balaban J connectivity index is 4.06. The molecule has 2 nitrogen and oxygen atoms in total. The first-order valence-electron chi connectivity index (χ1n) is 0.723. The molecule has 0 aliphatic rings. The van der Waals surface area contributed by atoms with Gasteiger partial charge in [-0.3, -0.25) is 0 Å². The van der Waals surface area contributed by atoms with Crippen LogP contribution < -0.4 is 0 Å². The van der Waals surface area contributed by atoms with Crippen molar-refractivity contribution in [2.75, 3.05) is 0 Å². The molecular weight excluding hydrogens is 202 g/mol. The van der Waals surface area contributed by atoms with Gasteiger partial charge in [0.15, 0.2) is 0 Å². The second-order valence-corrected chi connectivity index (χ2v) is 6.25. The molecule has 0 heterocycles. The van der Waals surface area contributed by atoms with Gasteiger partial charge in [0, 0.05) is 0 Å². The number of halogens is 1. The topological polar surface area (TPSA) is 34.1 Å². The molecule has 0 fully saturated rings. The molecule has 0 rings (SSSR count). The molecular formula is HFO2SSn. The van der Waals surface area contributed by atoms with E-state index < -0.39 is 7.41 Å². The quantitative estimate of drug-likeness (QED) is 0.377. The zero-order valence-corrected chi connectivity index (χ0v) is 6.29. The van der Waals surface area contributed by atoms with E-state index >= 15 is 0 Å². The van der Waals surface area contributed by atoms with Gasteiger partial charge in [-0.05, 0) is 0 Å². The van der Waals surface area contributed by atoms with Gasteiger partial charge in [0.2, 0.25) is 0 Å². The summed E-state index contributed by atoms with van der Waals surface area (Å²) in [5.74, 6) is 0. The Morgan fingerprint density at radius 2 is 1.60 bits per heavy atom. The summed E-state index contributed by atoms with van der Waals surface area (Å²) < 4.78 is 28.8. The zero-order valence-electron chi connectivity index (χ0n) is 2.18. The number of hydrogen-bond donors (Lipinski definition) is 0. The molecule has 0 saturated carbocycles. The molecule has 0 aromatic heterocycles. The summed E-state index contributed by atoms with van der Waals surface area (Å²) in [5, 5.41) is 0. The van der Waals surface area contributed by atoms with Crippen molar-refractivity contribution in [2.24, 2.45) is 0 Å². The van der Waals surface area contributed by atoms with Crippen LogP contribution >= 0.6 is 0 Å². The molecule has 0 amide bonds. The molecule has 0 aromatic rings. The van der Waals surface area contributed by atoms with Crippen LogP contribution in [0.15, 0.2) is 0 Å². The van der Waals surface area contributed by atoms with Gasteiger partial charge < -0.3 is 0 Å². The normalized spacial score (nSPS) is 11.6. The van der Waals surface area contributed by atoms with Gasteiger partial charge in [-0.2, -0.15) is 0 Å². The molecule has 30 valence electrons. The molecule has 0 unspecified atom stereocenters. The number of hydrogen-bond acceptors (Lipinski definition) is 2. The minimum absolute atomic E-state index is 0.330. The molecule has 5 heteroatoms. The van der Waals surface area contributed by atoms with Gasteiger partial charge >= 0.3 is 40.9 Å². The summed E-state index contributed by atoms with van der Waals surface area (Å²) in [6.45, 7) is 0. The molecule has 0 aliphatic heterocycles. The summed E-state index contributed by atoms with van der Waals surface area (Å²) in [5.41, 5.74) is 0. The van der Waals surface area contributed by atoms with E-state index in [9.17, 15) is 3.89 Å². The van der Waals surface area contributed by atoms with Crippen LogP contribution in [0.5, 0.6) is 0 Å². The first-order valence-corrected chi connectivity index (χ1v) is 6.21. The van der Waals surface area contributed by atoms with E-state index in [-0.39, 0.29) is 21.1 Å². The van der Waals surface area contributed by atoms with Crippen molar-refractivity contribution in [2.45, 2.75) is 0 Å². The Morgan fingerprint density at radius 3 is 1.60 bits per heavy atom. The van der Waals surface area contributed by atoms with E-state index in [2.05, 4.69) is 0 Å². The molecule has 0 saturated heterocycles. The summed E-state index contributed by atoms with van der Waals surface area (Å²) in [7, 11) is -4.04. The summed E-state index contributed by atoms with van der Waals surface area (Å²) in [6, 6.07) is 0. The maximum atomic E-state index is 10.7. The molecule has 0 aromatic carbocycles. The average molecular weight is 203 g/mol. The fourth-order valence-corrected chi connectivity index (χ4v) is 0. The van der Waals surface area contributed by atoms with Crippen LogP contribution in [0.3, 0.4) is 0 Å². The predicted octanol–water partition coefficient (Wildman–Crippen LogP) is -0.898. The van der Waals surface area contributed by atoms with E-state index in [1.165, 1.54) is 0 Å². The second-order valence-electron chi connectivity index (χ2n) is 0.476. The van der Waals surface area contributed by atoms with Crippen molar-refractivity contribution in [1.29, 1.82) is 0 Å². The van der Waals surface area contributed by atoms with Crippen LogP contribution in [0.1, 0.15) is 0 Å². The third-order valence-electron chi connectivity index (χ3n) is 0. The summed E-state index contributed by atoms with van der Waals surface area (Å²) in [6.07, 6.45) is 0. The van der Waals surface area contributed by atoms with Crippen molar-refractivity contribution in [1.82, 2.24) is 0 Å². The molecule has 5 heavy (non-hydrogen) atoms. The van der Waals surface area contributed by atoms with Crippen LogP contribution in [-0.4, -0.2) is 29.6 Å². The molecule has 0 bridgehead atoms. The van der Waals surface area contributed by atoms with Gasteiger partial charge in [-0.1, -0.05) is 0 Å². The summed E-state index contributed by atoms with van der Waals surface area (Å²) >= 11 is -0.330. The SMILES string of the molecule is O=[S](=O)(F)[SnH]. The standard InChI is InChI=1S/FO2S.Sn.H/c1-4(2)3;;. The second kappa shape index (κ2) is 1.42. The van der Waals surface area contributed by atoms with Crippen molar-refractivity contribution in [3.05, 3.63) is 0 Å². The van der Waals surface area contributed by atoms with Gasteiger partial charge in [-0.15, -0.1) is 0 Å². The first kappa shape index (κ1) is 5.68. The van der Waals surface area contributed by atoms with Crippen molar-refractivity contribution < 1.29 is 12.3 Å². The Labute approximate surface area is 41.1 Å². The fourth-order valence-electron chi connectivity index (χ4n) is 0. The molecule has 0 spiro atoms. The Hall–Kier alpha value is 0.679. The molecule has 0 N–H and O–H groups in total. The van der Waals surface area contributed by atoms with Crippen LogP contribution in [0.4, 0.5) is 3.89 Å². The zero-order chi connectivity index (χ0) is 4.50. The monoisotopic (exact) mass is 204 g/mol. The van der Waals surface area contributed by atoms with Gasteiger partial charge in [0.25, 0.3) is 0 Å². The molecule has 0 atom stereocenters. The average Bonchev–Trinajstić information content (AvgIpc) is 0.722. The van der Waals surface area contributed by atoms with Crippen molar-refractivity contribution >= 4 is 28.5 Å². The van der Waals surface area contributed by atoms with Crippen LogP contribution in [0, 0.1) is 0 Å². The Morgan fingerprint density at radius 1 is 1.60 bits per heavy atom. The van der Waals surface area contributed by atoms with E-state index in [0.717, 1.165) is 0 Å². The fraction of sp³-hybridized carbons (Fsp3) is 0. The van der Waals surface area contributed by atoms with Crippen molar-refractivity contribution in [3.63, 3.8) is 0 Å². The summed E-state index contributed by atoms with van der Waals surface area (Å²) in [4.78, 5) is 0. The predicted molar refractivity (Wildman–Crippen MR) is 17.2 cm³/mol.